The van der Waals surface area contributed by atoms with E-state index in [0.717, 1.165) is 5.69 Å². The molecule has 22 heavy (non-hydrogen) atoms. The molecule has 6 nitrogen and oxygen atoms in total. The standard InChI is InChI=1S/C15H12BrN3O3/c1-2-22-15(21)11-8-17-13-12(16)9-18(19(13)14(11)20)10-6-4-3-5-7-10/h3-9H,2H2,1H3. The van der Waals surface area contributed by atoms with Gasteiger partial charge in [0, 0.05) is 12.4 Å². The highest BCUT2D eigenvalue weighted by Gasteiger charge is 2.18. The molecular weight excluding hydrogens is 350 g/mol. The largest absolute Gasteiger partial charge is 0.462 e. The van der Waals surface area contributed by atoms with Crippen molar-refractivity contribution in [3.8, 4) is 5.69 Å². The number of halogens is 1. The quantitative estimate of drug-likeness (QED) is 0.672. The van der Waals surface area contributed by atoms with Crippen LogP contribution in [-0.4, -0.2) is 26.8 Å². The minimum atomic E-state index is -0.675. The van der Waals surface area contributed by atoms with Gasteiger partial charge in [0.1, 0.15) is 5.56 Å². The molecule has 7 heteroatoms. The van der Waals surface area contributed by atoms with E-state index in [9.17, 15) is 9.59 Å². The van der Waals surface area contributed by atoms with Gasteiger partial charge in [-0.3, -0.25) is 9.48 Å². The number of ether oxygens (including phenoxy) is 1. The van der Waals surface area contributed by atoms with Crippen molar-refractivity contribution in [2.75, 3.05) is 6.61 Å². The molecule has 0 unspecified atom stereocenters. The molecule has 3 aromatic rings. The van der Waals surface area contributed by atoms with E-state index in [0.29, 0.717) is 10.1 Å². The van der Waals surface area contributed by atoms with Crippen molar-refractivity contribution in [1.82, 2.24) is 14.2 Å². The molecular formula is C15H12BrN3O3. The van der Waals surface area contributed by atoms with E-state index in [-0.39, 0.29) is 12.2 Å². The SMILES string of the molecule is CCOC(=O)c1cnc2c(Br)cn(-c3ccccc3)n2c1=O. The minimum Gasteiger partial charge on any atom is -0.462 e. The predicted octanol–water partition coefficient (Wildman–Crippen LogP) is 2.42. The summed E-state index contributed by atoms with van der Waals surface area (Å²) < 4.78 is 8.53. The molecule has 0 amide bonds. The molecule has 0 N–H and O–H groups in total. The predicted molar refractivity (Wildman–Crippen MR) is 84.4 cm³/mol. The summed E-state index contributed by atoms with van der Waals surface area (Å²) in [6, 6.07) is 9.32. The number of esters is 1. The van der Waals surface area contributed by atoms with Gasteiger partial charge in [-0.05, 0) is 35.0 Å². The summed E-state index contributed by atoms with van der Waals surface area (Å²) in [6.07, 6.45) is 2.98. The molecule has 0 atom stereocenters. The lowest BCUT2D eigenvalue weighted by molar-refractivity contribution is 0.0523. The van der Waals surface area contributed by atoms with Crippen LogP contribution in [0.15, 0.2) is 52.0 Å². The summed E-state index contributed by atoms with van der Waals surface area (Å²) in [7, 11) is 0. The Balaban J connectivity index is 2.29. The van der Waals surface area contributed by atoms with Crippen molar-refractivity contribution in [3.05, 3.63) is 63.1 Å². The van der Waals surface area contributed by atoms with E-state index < -0.39 is 11.5 Å². The van der Waals surface area contributed by atoms with Gasteiger partial charge in [-0.25, -0.2) is 9.78 Å². The highest BCUT2D eigenvalue weighted by atomic mass is 79.9. The second kappa shape index (κ2) is 5.76. The summed E-state index contributed by atoms with van der Waals surface area (Å²) >= 11 is 3.38. The zero-order valence-electron chi connectivity index (χ0n) is 11.7. The van der Waals surface area contributed by atoms with Crippen LogP contribution in [0.3, 0.4) is 0 Å². The van der Waals surface area contributed by atoms with Gasteiger partial charge in [0.15, 0.2) is 5.65 Å². The Hall–Kier alpha value is -2.41. The average Bonchev–Trinajstić information content (AvgIpc) is 2.87. The van der Waals surface area contributed by atoms with Crippen molar-refractivity contribution in [2.24, 2.45) is 0 Å². The lowest BCUT2D eigenvalue weighted by Crippen LogP contribution is -2.27. The third kappa shape index (κ3) is 2.33. The van der Waals surface area contributed by atoms with E-state index in [1.165, 1.54) is 10.7 Å². The van der Waals surface area contributed by atoms with Crippen LogP contribution in [0.1, 0.15) is 17.3 Å². The van der Waals surface area contributed by atoms with Crippen LogP contribution < -0.4 is 5.56 Å². The Labute approximate surface area is 134 Å². The molecule has 0 saturated heterocycles. The Bertz CT molecular complexity index is 900. The lowest BCUT2D eigenvalue weighted by Gasteiger charge is -2.07. The zero-order valence-corrected chi connectivity index (χ0v) is 13.3. The van der Waals surface area contributed by atoms with E-state index >= 15 is 0 Å². The number of fused-ring (bicyclic) bond motifs is 1. The third-order valence-electron chi connectivity index (χ3n) is 3.12. The van der Waals surface area contributed by atoms with Crippen molar-refractivity contribution in [1.29, 1.82) is 0 Å². The number of benzene rings is 1. The van der Waals surface area contributed by atoms with E-state index in [2.05, 4.69) is 20.9 Å². The molecule has 0 aliphatic rings. The van der Waals surface area contributed by atoms with Crippen LogP contribution in [0.4, 0.5) is 0 Å². The van der Waals surface area contributed by atoms with Gasteiger partial charge in [0.25, 0.3) is 5.56 Å². The summed E-state index contributed by atoms with van der Waals surface area (Å²) in [5, 5.41) is 0. The second-order valence-electron chi connectivity index (χ2n) is 4.49. The first kappa shape index (κ1) is 14.5. The first-order valence-corrected chi connectivity index (χ1v) is 7.44. The van der Waals surface area contributed by atoms with Crippen LogP contribution in [0.5, 0.6) is 0 Å². The maximum absolute atomic E-state index is 12.6. The van der Waals surface area contributed by atoms with Gasteiger partial charge < -0.3 is 4.74 Å². The summed E-state index contributed by atoms with van der Waals surface area (Å²) in [5.74, 6) is -0.675. The number of aromatic nitrogens is 3. The van der Waals surface area contributed by atoms with Gasteiger partial charge in [0.2, 0.25) is 0 Å². The number of carbonyl (C=O) groups excluding carboxylic acids is 1. The minimum absolute atomic E-state index is 0.0952. The van der Waals surface area contributed by atoms with Gasteiger partial charge >= 0.3 is 5.97 Å². The van der Waals surface area contributed by atoms with E-state index in [4.69, 9.17) is 4.74 Å². The lowest BCUT2D eigenvalue weighted by atomic mass is 10.3. The smallest absolute Gasteiger partial charge is 0.345 e. The molecule has 0 radical (unpaired) electrons. The van der Waals surface area contributed by atoms with Gasteiger partial charge in [-0.2, -0.15) is 4.52 Å². The molecule has 0 aliphatic carbocycles. The molecule has 0 aliphatic heterocycles. The molecule has 1 aromatic carbocycles. The third-order valence-corrected chi connectivity index (χ3v) is 3.68. The second-order valence-corrected chi connectivity index (χ2v) is 5.34. The molecule has 2 aromatic heterocycles. The monoisotopic (exact) mass is 361 g/mol. The van der Waals surface area contributed by atoms with Crippen LogP contribution in [0.2, 0.25) is 0 Å². The van der Waals surface area contributed by atoms with Crippen LogP contribution >= 0.6 is 15.9 Å². The zero-order chi connectivity index (χ0) is 15.7. The topological polar surface area (TPSA) is 65.6 Å². The number of hydrogen-bond donors (Lipinski definition) is 0. The molecule has 0 bridgehead atoms. The van der Waals surface area contributed by atoms with Gasteiger partial charge in [-0.15, -0.1) is 0 Å². The Morgan fingerprint density at radius 1 is 1.32 bits per heavy atom. The summed E-state index contributed by atoms with van der Waals surface area (Å²) in [6.45, 7) is 1.88. The van der Waals surface area contributed by atoms with E-state index in [1.807, 2.05) is 30.3 Å². The molecule has 0 saturated carbocycles. The Morgan fingerprint density at radius 3 is 2.73 bits per heavy atom. The van der Waals surface area contributed by atoms with Gasteiger partial charge in [-0.1, -0.05) is 18.2 Å². The maximum atomic E-state index is 12.6. The molecule has 3 rings (SSSR count). The van der Waals surface area contributed by atoms with Crippen molar-refractivity contribution < 1.29 is 9.53 Å². The molecule has 112 valence electrons. The normalized spacial score (nSPS) is 10.8. The van der Waals surface area contributed by atoms with Gasteiger partial charge in [0.05, 0.1) is 16.8 Å². The fourth-order valence-electron chi connectivity index (χ4n) is 2.15. The number of rotatable bonds is 3. The van der Waals surface area contributed by atoms with Crippen molar-refractivity contribution in [2.45, 2.75) is 6.92 Å². The van der Waals surface area contributed by atoms with Crippen LogP contribution in [0.25, 0.3) is 11.3 Å². The first-order valence-electron chi connectivity index (χ1n) is 6.65. The van der Waals surface area contributed by atoms with Crippen LogP contribution in [-0.2, 0) is 4.74 Å². The van der Waals surface area contributed by atoms with Crippen LogP contribution in [0, 0.1) is 0 Å². The fourth-order valence-corrected chi connectivity index (χ4v) is 2.62. The highest BCUT2D eigenvalue weighted by molar-refractivity contribution is 9.10. The number of para-hydroxylation sites is 1. The fraction of sp³-hybridized carbons (Fsp3) is 0.133. The summed E-state index contributed by atoms with van der Waals surface area (Å²) in [4.78, 5) is 28.7. The number of nitrogens with zero attached hydrogens (tertiary/aromatic N) is 3. The number of hydrogen-bond acceptors (Lipinski definition) is 4. The Morgan fingerprint density at radius 2 is 2.05 bits per heavy atom. The first-order chi connectivity index (χ1) is 10.6. The summed E-state index contributed by atoms with van der Waals surface area (Å²) in [5.41, 5.74) is 0.644. The Kier molecular flexibility index (Phi) is 3.81. The molecule has 0 spiro atoms. The molecule has 0 fully saturated rings. The van der Waals surface area contributed by atoms with E-state index in [1.54, 1.807) is 17.8 Å². The maximum Gasteiger partial charge on any atom is 0.345 e. The average molecular weight is 362 g/mol. The highest BCUT2D eigenvalue weighted by Crippen LogP contribution is 2.19. The van der Waals surface area contributed by atoms with Crippen molar-refractivity contribution >= 4 is 27.5 Å². The molecule has 2 heterocycles. The number of carbonyl (C=O) groups is 1. The van der Waals surface area contributed by atoms with Crippen molar-refractivity contribution in [3.63, 3.8) is 0 Å².